The molecule has 0 amide bonds. The molecule has 48 heavy (non-hydrogen) atoms. The molecule has 0 aromatic heterocycles. The molecule has 0 aromatic carbocycles. The summed E-state index contributed by atoms with van der Waals surface area (Å²) in [4.78, 5) is 2.34. The van der Waals surface area contributed by atoms with Gasteiger partial charge in [-0.25, -0.2) is 0 Å². The lowest BCUT2D eigenvalue weighted by Gasteiger charge is -2.16. The van der Waals surface area contributed by atoms with Gasteiger partial charge in [-0.05, 0) is 71.3 Å². The lowest BCUT2D eigenvalue weighted by Crippen LogP contribution is -2.27. The lowest BCUT2D eigenvalue weighted by atomic mass is 10.1. The molecule has 0 radical (unpaired) electrons. The molecular formula is C45H89NO2. The molecule has 0 spiro atoms. The van der Waals surface area contributed by atoms with E-state index in [1.54, 1.807) is 0 Å². The molecule has 0 rings (SSSR count). The van der Waals surface area contributed by atoms with E-state index in [0.717, 1.165) is 39.5 Å². The van der Waals surface area contributed by atoms with Gasteiger partial charge in [0.2, 0.25) is 0 Å². The molecule has 0 fully saturated rings. The van der Waals surface area contributed by atoms with Crippen molar-refractivity contribution in [3.63, 3.8) is 0 Å². The third-order valence-corrected chi connectivity index (χ3v) is 9.84. The van der Waals surface area contributed by atoms with E-state index < -0.39 is 0 Å². The fourth-order valence-electron chi connectivity index (χ4n) is 6.37. The van der Waals surface area contributed by atoms with E-state index in [9.17, 15) is 0 Å². The number of nitrogens with zero attached hydrogens (tertiary/aromatic N) is 1. The second-order valence-electron chi connectivity index (χ2n) is 14.8. The van der Waals surface area contributed by atoms with Crippen LogP contribution in [0.5, 0.6) is 0 Å². The molecular weight excluding hydrogens is 587 g/mol. The van der Waals surface area contributed by atoms with E-state index >= 15 is 0 Å². The van der Waals surface area contributed by atoms with Crippen LogP contribution >= 0.6 is 0 Å². The number of unbranched alkanes of at least 4 members (excludes halogenated alkanes) is 28. The highest BCUT2D eigenvalue weighted by Gasteiger charge is 2.00. The average Bonchev–Trinajstić information content (AvgIpc) is 3.09. The number of hydrogen-bond donors (Lipinski definition) is 0. The predicted octanol–water partition coefficient (Wildman–Crippen LogP) is 14.6. The van der Waals surface area contributed by atoms with Gasteiger partial charge in [-0.15, -0.1) is 0 Å². The molecule has 0 heterocycles. The Kier molecular flexibility index (Phi) is 43.8. The maximum atomic E-state index is 5.89. The molecule has 0 atom stereocenters. The highest BCUT2D eigenvalue weighted by atomic mass is 16.5. The maximum Gasteiger partial charge on any atom is 0.0593 e. The Hall–Kier alpha value is -0.640. The molecule has 0 aliphatic heterocycles. The lowest BCUT2D eigenvalue weighted by molar-refractivity contribution is 0.0814. The summed E-state index contributed by atoms with van der Waals surface area (Å²) in [7, 11) is 2.19. The highest BCUT2D eigenvalue weighted by molar-refractivity contribution is 4.82. The van der Waals surface area contributed by atoms with Crippen LogP contribution < -0.4 is 0 Å². The number of hydrogen-bond acceptors (Lipinski definition) is 3. The first-order valence-corrected chi connectivity index (χ1v) is 21.9. The van der Waals surface area contributed by atoms with Crippen molar-refractivity contribution < 1.29 is 9.47 Å². The van der Waals surface area contributed by atoms with Crippen molar-refractivity contribution in [2.75, 3.05) is 46.6 Å². The van der Waals surface area contributed by atoms with E-state index in [2.05, 4.69) is 50.1 Å². The highest BCUT2D eigenvalue weighted by Crippen LogP contribution is 2.13. The Morgan fingerprint density at radius 1 is 0.312 bits per heavy atom. The van der Waals surface area contributed by atoms with Gasteiger partial charge in [0, 0.05) is 26.3 Å². The molecule has 0 saturated heterocycles. The summed E-state index contributed by atoms with van der Waals surface area (Å²) in [5.41, 5.74) is 0. The molecule has 3 nitrogen and oxygen atoms in total. The fraction of sp³-hybridized carbons (Fsp3) is 0.911. The number of likely N-dealkylation sites (N-methyl/N-ethyl adjacent to an activating group) is 1. The van der Waals surface area contributed by atoms with Gasteiger partial charge in [0.1, 0.15) is 0 Å². The van der Waals surface area contributed by atoms with Crippen LogP contribution in [0.25, 0.3) is 0 Å². The molecule has 0 aliphatic carbocycles. The molecule has 0 aliphatic rings. The zero-order chi connectivity index (χ0) is 34.7. The normalized spacial score (nSPS) is 12.1. The minimum absolute atomic E-state index is 0.847. The number of rotatable bonds is 42. The summed E-state index contributed by atoms with van der Waals surface area (Å²) in [6.45, 7) is 10.1. The quantitative estimate of drug-likeness (QED) is 0.0475. The van der Waals surface area contributed by atoms with Gasteiger partial charge in [-0.1, -0.05) is 179 Å². The van der Waals surface area contributed by atoms with E-state index in [1.165, 1.54) is 205 Å². The Morgan fingerprint density at radius 2 is 0.562 bits per heavy atom. The first-order valence-electron chi connectivity index (χ1n) is 21.9. The number of allylic oxidation sites excluding steroid dienone is 4. The summed E-state index contributed by atoms with van der Waals surface area (Å²) in [6.07, 6.45) is 53.6. The van der Waals surface area contributed by atoms with Crippen molar-refractivity contribution in [1.82, 2.24) is 4.90 Å². The van der Waals surface area contributed by atoms with E-state index in [1.807, 2.05) is 0 Å². The van der Waals surface area contributed by atoms with Crippen molar-refractivity contribution in [3.05, 3.63) is 24.3 Å². The Bertz CT molecular complexity index is 566. The standard InChI is InChI=1S/C45H89NO2/c1-4-6-8-10-12-14-16-18-20-22-24-26-28-30-32-34-36-38-42-47-44-40-46(3)41-45-48-43-39-37-35-33-31-29-27-25-23-21-19-17-15-13-11-9-7-5-2/h18-21H,4-17,22-45H2,1-3H3/b20-18-,21-19-. The minimum Gasteiger partial charge on any atom is -0.380 e. The minimum atomic E-state index is 0.847. The third kappa shape index (κ3) is 43.4. The monoisotopic (exact) mass is 676 g/mol. The van der Waals surface area contributed by atoms with Gasteiger partial charge in [0.05, 0.1) is 13.2 Å². The second-order valence-corrected chi connectivity index (χ2v) is 14.8. The van der Waals surface area contributed by atoms with Crippen molar-refractivity contribution >= 4 is 0 Å². The molecule has 0 aromatic rings. The Labute approximate surface area is 303 Å². The van der Waals surface area contributed by atoms with Gasteiger partial charge in [-0.3, -0.25) is 0 Å². The van der Waals surface area contributed by atoms with E-state index in [4.69, 9.17) is 9.47 Å². The van der Waals surface area contributed by atoms with Crippen LogP contribution in [0.2, 0.25) is 0 Å². The van der Waals surface area contributed by atoms with Crippen LogP contribution in [0.4, 0.5) is 0 Å². The molecule has 0 saturated carbocycles. The predicted molar refractivity (Wildman–Crippen MR) is 217 cm³/mol. The topological polar surface area (TPSA) is 21.7 Å². The van der Waals surface area contributed by atoms with Crippen LogP contribution in [0, 0.1) is 0 Å². The fourth-order valence-corrected chi connectivity index (χ4v) is 6.37. The number of ether oxygens (including phenoxy) is 2. The smallest absolute Gasteiger partial charge is 0.0593 e. The molecule has 286 valence electrons. The van der Waals surface area contributed by atoms with Crippen molar-refractivity contribution in [2.45, 2.75) is 219 Å². The summed E-state index contributed by atoms with van der Waals surface area (Å²) >= 11 is 0. The zero-order valence-electron chi connectivity index (χ0n) is 33.4. The molecule has 0 bridgehead atoms. The van der Waals surface area contributed by atoms with Gasteiger partial charge < -0.3 is 14.4 Å². The largest absolute Gasteiger partial charge is 0.380 e. The summed E-state index contributed by atoms with van der Waals surface area (Å²) < 4.78 is 11.8. The van der Waals surface area contributed by atoms with Crippen LogP contribution in [-0.2, 0) is 9.47 Å². The van der Waals surface area contributed by atoms with Gasteiger partial charge in [0.15, 0.2) is 0 Å². The maximum absolute atomic E-state index is 5.89. The van der Waals surface area contributed by atoms with Crippen molar-refractivity contribution in [3.8, 4) is 0 Å². The van der Waals surface area contributed by atoms with Crippen LogP contribution in [0.15, 0.2) is 24.3 Å². The zero-order valence-corrected chi connectivity index (χ0v) is 33.4. The molecule has 0 N–H and O–H groups in total. The van der Waals surface area contributed by atoms with Crippen LogP contribution in [-0.4, -0.2) is 51.5 Å². The summed E-state index contributed by atoms with van der Waals surface area (Å²) in [5, 5.41) is 0. The second kappa shape index (κ2) is 44.4. The molecule has 0 unspecified atom stereocenters. The first kappa shape index (κ1) is 47.4. The average molecular weight is 676 g/mol. The Morgan fingerprint density at radius 3 is 0.854 bits per heavy atom. The van der Waals surface area contributed by atoms with Gasteiger partial charge in [0.25, 0.3) is 0 Å². The van der Waals surface area contributed by atoms with Crippen molar-refractivity contribution in [2.24, 2.45) is 0 Å². The van der Waals surface area contributed by atoms with Crippen LogP contribution in [0.1, 0.15) is 219 Å². The van der Waals surface area contributed by atoms with E-state index in [-0.39, 0.29) is 0 Å². The summed E-state index contributed by atoms with van der Waals surface area (Å²) in [5.74, 6) is 0. The van der Waals surface area contributed by atoms with E-state index in [0.29, 0.717) is 0 Å². The Balaban J connectivity index is 3.19. The van der Waals surface area contributed by atoms with Crippen molar-refractivity contribution in [1.29, 1.82) is 0 Å². The van der Waals surface area contributed by atoms with Gasteiger partial charge >= 0.3 is 0 Å². The van der Waals surface area contributed by atoms with Crippen LogP contribution in [0.3, 0.4) is 0 Å². The first-order chi connectivity index (χ1) is 23.8. The molecule has 3 heteroatoms. The SMILES string of the molecule is CCCCCCCC/C=C\CCCCCCCCCCOCCN(C)CCOCCCCCCCCCC/C=C\CCCCCCCC. The van der Waals surface area contributed by atoms with Gasteiger partial charge in [-0.2, -0.15) is 0 Å². The summed E-state index contributed by atoms with van der Waals surface area (Å²) in [6, 6.07) is 0. The third-order valence-electron chi connectivity index (χ3n) is 9.84.